The van der Waals surface area contributed by atoms with Crippen molar-refractivity contribution in [3.8, 4) is 17.0 Å². The molecule has 1 aromatic heterocycles. The molecule has 0 aliphatic heterocycles. The summed E-state index contributed by atoms with van der Waals surface area (Å²) in [5, 5.41) is 24.4. The lowest BCUT2D eigenvalue weighted by molar-refractivity contribution is -0.140. The molecule has 1 unspecified atom stereocenters. The molecule has 0 spiro atoms. The molecule has 1 aliphatic rings. The molecule has 1 heterocycles. The van der Waals surface area contributed by atoms with Crippen LogP contribution in [0, 0.1) is 11.7 Å². The van der Waals surface area contributed by atoms with Crippen molar-refractivity contribution in [1.29, 1.82) is 0 Å². The number of aromatic nitrogens is 2. The van der Waals surface area contributed by atoms with Crippen molar-refractivity contribution in [2.24, 2.45) is 5.92 Å². The maximum Gasteiger partial charge on any atom is 0.308 e. The Labute approximate surface area is 200 Å². The van der Waals surface area contributed by atoms with Crippen molar-refractivity contribution >= 4 is 17.8 Å². The van der Waals surface area contributed by atoms with Crippen LogP contribution in [0.4, 0.5) is 4.39 Å². The Morgan fingerprint density at radius 2 is 1.63 bits per heavy atom. The summed E-state index contributed by atoms with van der Waals surface area (Å²) in [4.78, 5) is 43.3. The number of carbonyl (C=O) groups excluding carboxylic acids is 2. The molecule has 180 valence electrons. The first kappa shape index (κ1) is 23.8. The number of aliphatic carboxylic acids is 1. The van der Waals surface area contributed by atoms with Gasteiger partial charge in [-0.05, 0) is 41.7 Å². The smallest absolute Gasteiger partial charge is 0.308 e. The van der Waals surface area contributed by atoms with E-state index in [4.69, 9.17) is 5.11 Å². The number of carboxylic acids is 1. The van der Waals surface area contributed by atoms with Gasteiger partial charge in [0.15, 0.2) is 0 Å². The number of hydrogen-bond donors (Lipinski definition) is 4. The van der Waals surface area contributed by atoms with E-state index in [0.717, 1.165) is 22.9 Å². The number of carbonyl (C=O) groups is 3. The van der Waals surface area contributed by atoms with E-state index in [1.165, 1.54) is 19.1 Å². The molecule has 2 aromatic carbocycles. The zero-order valence-corrected chi connectivity index (χ0v) is 18.8. The molecular formula is C25H23FN4O5. The fraction of sp³-hybridized carbons (Fsp3) is 0.240. The van der Waals surface area contributed by atoms with Crippen molar-refractivity contribution in [2.75, 3.05) is 6.54 Å². The maximum atomic E-state index is 13.2. The lowest BCUT2D eigenvalue weighted by Crippen LogP contribution is -2.35. The third-order valence-corrected chi connectivity index (χ3v) is 5.92. The van der Waals surface area contributed by atoms with Gasteiger partial charge in [-0.2, -0.15) is 4.98 Å². The minimum absolute atomic E-state index is 0.136. The van der Waals surface area contributed by atoms with Crippen LogP contribution in [0.1, 0.15) is 46.3 Å². The molecule has 1 saturated carbocycles. The minimum atomic E-state index is -1.07. The highest BCUT2D eigenvalue weighted by Crippen LogP contribution is 2.46. The molecule has 2 amide bonds. The molecule has 1 atom stereocenters. The van der Waals surface area contributed by atoms with Gasteiger partial charge in [-0.3, -0.25) is 14.4 Å². The third-order valence-electron chi connectivity index (χ3n) is 5.92. The Kier molecular flexibility index (Phi) is 6.46. The zero-order chi connectivity index (χ0) is 25.2. The quantitative estimate of drug-likeness (QED) is 0.390. The summed E-state index contributed by atoms with van der Waals surface area (Å²) < 4.78 is 13.2. The van der Waals surface area contributed by atoms with Gasteiger partial charge in [0.1, 0.15) is 11.4 Å². The van der Waals surface area contributed by atoms with Gasteiger partial charge < -0.3 is 20.8 Å². The number of amides is 2. The molecule has 35 heavy (non-hydrogen) atoms. The van der Waals surface area contributed by atoms with Gasteiger partial charge in [0.2, 0.25) is 11.7 Å². The van der Waals surface area contributed by atoms with Crippen LogP contribution in [0.5, 0.6) is 5.88 Å². The van der Waals surface area contributed by atoms with Crippen LogP contribution in [0.3, 0.4) is 0 Å². The molecule has 0 bridgehead atoms. The fourth-order valence-corrected chi connectivity index (χ4v) is 3.57. The lowest BCUT2D eigenvalue weighted by Gasteiger charge is -2.19. The molecule has 1 fully saturated rings. The summed E-state index contributed by atoms with van der Waals surface area (Å²) in [6.07, 6.45) is 2.47. The summed E-state index contributed by atoms with van der Waals surface area (Å²) in [5.74, 6) is -4.57. The average Bonchev–Trinajstić information content (AvgIpc) is 3.63. The monoisotopic (exact) mass is 478 g/mol. The first-order valence-corrected chi connectivity index (χ1v) is 10.9. The van der Waals surface area contributed by atoms with Crippen LogP contribution in [0.15, 0.2) is 54.7 Å². The van der Waals surface area contributed by atoms with Crippen LogP contribution < -0.4 is 10.6 Å². The van der Waals surface area contributed by atoms with Crippen molar-refractivity contribution in [3.63, 3.8) is 0 Å². The van der Waals surface area contributed by atoms with Gasteiger partial charge >= 0.3 is 5.97 Å². The maximum absolute atomic E-state index is 13.2. The molecular weight excluding hydrogens is 455 g/mol. The van der Waals surface area contributed by atoms with Gasteiger partial charge in [0, 0.05) is 12.7 Å². The van der Waals surface area contributed by atoms with Gasteiger partial charge in [0.05, 0.1) is 11.5 Å². The summed E-state index contributed by atoms with van der Waals surface area (Å²) in [6, 6.07) is 13.8. The van der Waals surface area contributed by atoms with E-state index in [9.17, 15) is 23.9 Å². The molecule has 0 saturated heterocycles. The van der Waals surface area contributed by atoms with Gasteiger partial charge in [0.25, 0.3) is 11.8 Å². The van der Waals surface area contributed by atoms with Gasteiger partial charge in [-0.15, -0.1) is 0 Å². The SMILES string of the molecule is CC(CNC(=O)c1ncc(C(=O)NC2(c3ccc(-c4ccc(F)cc4)cc3)CC2)c(O)n1)C(=O)O. The van der Waals surface area contributed by atoms with E-state index < -0.39 is 35.1 Å². The van der Waals surface area contributed by atoms with Crippen LogP contribution >= 0.6 is 0 Å². The van der Waals surface area contributed by atoms with Crippen molar-refractivity contribution in [1.82, 2.24) is 20.6 Å². The van der Waals surface area contributed by atoms with Crippen molar-refractivity contribution < 1.29 is 29.0 Å². The number of hydrogen-bond acceptors (Lipinski definition) is 6. The Bertz CT molecular complexity index is 1270. The highest BCUT2D eigenvalue weighted by Gasteiger charge is 2.46. The Morgan fingerprint density at radius 1 is 1.03 bits per heavy atom. The second-order valence-electron chi connectivity index (χ2n) is 8.50. The number of rotatable bonds is 8. The van der Waals surface area contributed by atoms with E-state index in [2.05, 4.69) is 20.6 Å². The number of benzene rings is 2. The summed E-state index contributed by atoms with van der Waals surface area (Å²) in [5.41, 5.74) is 1.90. The molecule has 4 N–H and O–H groups in total. The highest BCUT2D eigenvalue weighted by atomic mass is 19.1. The summed E-state index contributed by atoms with van der Waals surface area (Å²) in [6.45, 7) is 1.29. The standard InChI is InChI=1S/C25H23FN4O5/c1-14(24(34)35)12-28-23(33)20-27-13-19(21(31)29-20)22(32)30-25(10-11-25)17-6-2-15(3-7-17)16-4-8-18(26)9-5-16/h2-9,13-14H,10-12H2,1H3,(H,28,33)(H,30,32)(H,34,35)(H,27,29,31). The lowest BCUT2D eigenvalue weighted by atomic mass is 9.99. The van der Waals surface area contributed by atoms with Crippen molar-refractivity contribution in [3.05, 3.63) is 77.5 Å². The number of carboxylic acid groups (broad SMARTS) is 1. The first-order valence-electron chi connectivity index (χ1n) is 10.9. The minimum Gasteiger partial charge on any atom is -0.493 e. The Balaban J connectivity index is 1.43. The number of nitrogens with one attached hydrogen (secondary N) is 2. The molecule has 3 aromatic rings. The highest BCUT2D eigenvalue weighted by molar-refractivity contribution is 5.98. The molecule has 1 aliphatic carbocycles. The van der Waals surface area contributed by atoms with Gasteiger partial charge in [-0.25, -0.2) is 9.37 Å². The summed E-state index contributed by atoms with van der Waals surface area (Å²) in [7, 11) is 0. The number of aromatic hydroxyl groups is 1. The normalized spacial score (nSPS) is 14.6. The number of halogens is 1. The van der Waals surface area contributed by atoms with E-state index in [0.29, 0.717) is 12.8 Å². The predicted octanol–water partition coefficient (Wildman–Crippen LogP) is 2.86. The van der Waals surface area contributed by atoms with Crippen LogP contribution in [0.2, 0.25) is 0 Å². The molecule has 9 nitrogen and oxygen atoms in total. The third kappa shape index (κ3) is 5.26. The number of nitrogens with zero attached hydrogens (tertiary/aromatic N) is 2. The molecule has 0 radical (unpaired) electrons. The zero-order valence-electron chi connectivity index (χ0n) is 18.8. The molecule has 4 rings (SSSR count). The topological polar surface area (TPSA) is 142 Å². The Morgan fingerprint density at radius 3 is 2.17 bits per heavy atom. The molecule has 10 heteroatoms. The van der Waals surface area contributed by atoms with E-state index in [1.54, 1.807) is 12.1 Å². The predicted molar refractivity (Wildman–Crippen MR) is 123 cm³/mol. The summed E-state index contributed by atoms with van der Waals surface area (Å²) >= 11 is 0. The van der Waals surface area contributed by atoms with Gasteiger partial charge in [-0.1, -0.05) is 43.3 Å². The fourth-order valence-electron chi connectivity index (χ4n) is 3.57. The average molecular weight is 478 g/mol. The van der Waals surface area contributed by atoms with E-state index in [1.807, 2.05) is 24.3 Å². The van der Waals surface area contributed by atoms with E-state index in [-0.39, 0.29) is 23.7 Å². The van der Waals surface area contributed by atoms with Crippen LogP contribution in [-0.4, -0.2) is 44.5 Å². The Hall–Kier alpha value is -4.34. The largest absolute Gasteiger partial charge is 0.493 e. The second kappa shape index (κ2) is 9.49. The van der Waals surface area contributed by atoms with E-state index >= 15 is 0 Å². The second-order valence-corrected chi connectivity index (χ2v) is 8.50. The first-order chi connectivity index (χ1) is 16.7. The van der Waals surface area contributed by atoms with Crippen LogP contribution in [-0.2, 0) is 10.3 Å². The van der Waals surface area contributed by atoms with Crippen molar-refractivity contribution in [2.45, 2.75) is 25.3 Å². The van der Waals surface area contributed by atoms with Crippen LogP contribution in [0.25, 0.3) is 11.1 Å².